The summed E-state index contributed by atoms with van der Waals surface area (Å²) >= 11 is 0. The van der Waals surface area contributed by atoms with Crippen molar-refractivity contribution in [3.8, 4) is 0 Å². The Morgan fingerprint density at radius 2 is 2.17 bits per heavy atom. The number of nitrogen functional groups attached to an aromatic ring is 1. The van der Waals surface area contributed by atoms with Crippen LogP contribution in [0.2, 0.25) is 0 Å². The average Bonchev–Trinajstić information content (AvgIpc) is 2.38. The molecule has 0 spiro atoms. The number of hydrogen-bond donors (Lipinski definition) is 3. The fourth-order valence-electron chi connectivity index (χ4n) is 2.52. The molecule has 1 aliphatic rings. The van der Waals surface area contributed by atoms with E-state index < -0.39 is 5.60 Å². The van der Waals surface area contributed by atoms with E-state index in [0.717, 1.165) is 31.6 Å². The van der Waals surface area contributed by atoms with E-state index >= 15 is 0 Å². The van der Waals surface area contributed by atoms with Crippen LogP contribution in [0.3, 0.4) is 0 Å². The molecule has 5 heteroatoms. The van der Waals surface area contributed by atoms with E-state index in [1.807, 2.05) is 0 Å². The van der Waals surface area contributed by atoms with Crippen molar-refractivity contribution in [1.82, 2.24) is 9.97 Å². The molecule has 0 bridgehead atoms. The van der Waals surface area contributed by atoms with Gasteiger partial charge in [-0.3, -0.25) is 0 Å². The predicted octanol–water partition coefficient (Wildman–Crippen LogP) is 1.80. The molecule has 0 atom stereocenters. The lowest BCUT2D eigenvalue weighted by molar-refractivity contribution is 0.00223. The molecule has 0 amide bonds. The minimum Gasteiger partial charge on any atom is -0.388 e. The van der Waals surface area contributed by atoms with Gasteiger partial charge in [0.25, 0.3) is 0 Å². The first kappa shape index (κ1) is 13.1. The third-order valence-electron chi connectivity index (χ3n) is 3.90. The van der Waals surface area contributed by atoms with Crippen LogP contribution in [0.5, 0.6) is 0 Å². The molecule has 1 aliphatic carbocycles. The Kier molecular flexibility index (Phi) is 4.01. The summed E-state index contributed by atoms with van der Waals surface area (Å²) in [7, 11) is 0. The number of aliphatic hydroxyl groups is 1. The predicted molar refractivity (Wildman–Crippen MR) is 72.1 cm³/mol. The molecule has 1 fully saturated rings. The molecule has 1 aromatic heterocycles. The summed E-state index contributed by atoms with van der Waals surface area (Å²) in [5, 5.41) is 13.6. The number of nitrogens with one attached hydrogen (secondary N) is 1. The molecule has 18 heavy (non-hydrogen) atoms. The van der Waals surface area contributed by atoms with Crippen molar-refractivity contribution >= 4 is 11.6 Å². The summed E-state index contributed by atoms with van der Waals surface area (Å²) in [4.78, 5) is 7.91. The summed E-state index contributed by atoms with van der Waals surface area (Å²) in [6.07, 6.45) is 6.58. The molecule has 1 saturated carbocycles. The zero-order valence-corrected chi connectivity index (χ0v) is 10.9. The van der Waals surface area contributed by atoms with E-state index in [1.54, 1.807) is 6.07 Å². The molecule has 4 N–H and O–H groups in total. The second-order valence-corrected chi connectivity index (χ2v) is 5.26. The highest BCUT2D eigenvalue weighted by molar-refractivity contribution is 5.43. The van der Waals surface area contributed by atoms with Crippen molar-refractivity contribution in [2.24, 2.45) is 5.92 Å². The van der Waals surface area contributed by atoms with Crippen LogP contribution in [0.25, 0.3) is 0 Å². The van der Waals surface area contributed by atoms with E-state index in [4.69, 9.17) is 5.73 Å². The Bertz CT molecular complexity index is 388. The highest BCUT2D eigenvalue weighted by Gasteiger charge is 2.32. The van der Waals surface area contributed by atoms with Crippen molar-refractivity contribution in [3.05, 3.63) is 12.4 Å². The van der Waals surface area contributed by atoms with Crippen LogP contribution in [0.4, 0.5) is 11.6 Å². The fraction of sp³-hybridized carbons (Fsp3) is 0.692. The largest absolute Gasteiger partial charge is 0.388 e. The Balaban J connectivity index is 1.86. The van der Waals surface area contributed by atoms with Crippen LogP contribution in [0.15, 0.2) is 12.4 Å². The van der Waals surface area contributed by atoms with Crippen molar-refractivity contribution in [2.75, 3.05) is 17.6 Å². The Hall–Kier alpha value is -1.36. The van der Waals surface area contributed by atoms with Gasteiger partial charge < -0.3 is 16.2 Å². The van der Waals surface area contributed by atoms with E-state index in [1.165, 1.54) is 12.7 Å². The molecular weight excluding hydrogens is 228 g/mol. The fourth-order valence-corrected chi connectivity index (χ4v) is 2.52. The maximum Gasteiger partial charge on any atom is 0.131 e. The van der Waals surface area contributed by atoms with Crippen LogP contribution in [-0.2, 0) is 0 Å². The number of nitrogens with zero attached hydrogens (tertiary/aromatic N) is 2. The molecular formula is C13H22N4O. The monoisotopic (exact) mass is 250 g/mol. The maximum atomic E-state index is 10.5. The summed E-state index contributed by atoms with van der Waals surface area (Å²) in [6, 6.07) is 1.68. The van der Waals surface area contributed by atoms with Crippen LogP contribution >= 0.6 is 0 Å². The lowest BCUT2D eigenvalue weighted by Crippen LogP contribution is -2.40. The average molecular weight is 250 g/mol. The minimum atomic E-state index is -0.606. The Morgan fingerprint density at radius 1 is 1.44 bits per heavy atom. The molecule has 0 unspecified atom stereocenters. The number of nitrogens with two attached hydrogens (primary N) is 1. The molecule has 1 heterocycles. The van der Waals surface area contributed by atoms with Gasteiger partial charge in [0.1, 0.15) is 18.0 Å². The van der Waals surface area contributed by atoms with Crippen LogP contribution < -0.4 is 11.1 Å². The molecule has 0 saturated heterocycles. The Morgan fingerprint density at radius 3 is 2.78 bits per heavy atom. The lowest BCUT2D eigenvalue weighted by Gasteiger charge is -2.36. The van der Waals surface area contributed by atoms with Crippen molar-refractivity contribution < 1.29 is 5.11 Å². The second-order valence-electron chi connectivity index (χ2n) is 5.26. The third kappa shape index (κ3) is 3.32. The van der Waals surface area contributed by atoms with E-state index in [2.05, 4.69) is 22.2 Å². The van der Waals surface area contributed by atoms with E-state index in [-0.39, 0.29) is 0 Å². The SMILES string of the molecule is CCC1CCC(O)(CNc2cc(N)ncn2)CC1. The maximum absolute atomic E-state index is 10.5. The molecule has 0 aliphatic heterocycles. The second kappa shape index (κ2) is 5.52. The number of hydrogen-bond acceptors (Lipinski definition) is 5. The molecule has 100 valence electrons. The lowest BCUT2D eigenvalue weighted by atomic mass is 9.78. The first-order valence-corrected chi connectivity index (χ1v) is 6.65. The molecule has 1 aromatic rings. The summed E-state index contributed by atoms with van der Waals surface area (Å²) < 4.78 is 0. The molecule has 5 nitrogen and oxygen atoms in total. The topological polar surface area (TPSA) is 84.1 Å². The molecule has 2 rings (SSSR count). The molecule has 0 radical (unpaired) electrons. The molecule has 0 aromatic carbocycles. The number of aromatic nitrogens is 2. The van der Waals surface area contributed by atoms with Gasteiger partial charge in [-0.15, -0.1) is 0 Å². The first-order chi connectivity index (χ1) is 8.61. The first-order valence-electron chi connectivity index (χ1n) is 6.65. The smallest absolute Gasteiger partial charge is 0.131 e. The highest BCUT2D eigenvalue weighted by Crippen LogP contribution is 2.33. The van der Waals surface area contributed by atoms with Gasteiger partial charge in [-0.2, -0.15) is 0 Å². The van der Waals surface area contributed by atoms with Gasteiger partial charge in [-0.25, -0.2) is 9.97 Å². The van der Waals surface area contributed by atoms with Gasteiger partial charge in [-0.05, 0) is 31.6 Å². The summed E-state index contributed by atoms with van der Waals surface area (Å²) in [5.41, 5.74) is 4.98. The quantitative estimate of drug-likeness (QED) is 0.759. The van der Waals surface area contributed by atoms with E-state index in [9.17, 15) is 5.11 Å². The van der Waals surface area contributed by atoms with Gasteiger partial charge in [0, 0.05) is 12.6 Å². The normalized spacial score (nSPS) is 28.0. The van der Waals surface area contributed by atoms with E-state index in [0.29, 0.717) is 18.2 Å². The van der Waals surface area contributed by atoms with Crippen LogP contribution in [0, 0.1) is 5.92 Å². The van der Waals surface area contributed by atoms with Gasteiger partial charge in [0.15, 0.2) is 0 Å². The van der Waals surface area contributed by atoms with Crippen molar-refractivity contribution in [1.29, 1.82) is 0 Å². The summed E-state index contributed by atoms with van der Waals surface area (Å²) in [6.45, 7) is 2.75. The van der Waals surface area contributed by atoms with Crippen molar-refractivity contribution in [2.45, 2.75) is 44.6 Å². The van der Waals surface area contributed by atoms with Gasteiger partial charge >= 0.3 is 0 Å². The standard InChI is InChI=1S/C13H22N4O/c1-2-10-3-5-13(18,6-4-10)8-15-12-7-11(14)16-9-17-12/h7,9-10,18H,2-6,8H2,1H3,(H3,14,15,16,17). The zero-order chi connectivity index (χ0) is 13.0. The van der Waals surface area contributed by atoms with Gasteiger partial charge in [0.05, 0.1) is 5.60 Å². The summed E-state index contributed by atoms with van der Waals surface area (Å²) in [5.74, 6) is 1.89. The van der Waals surface area contributed by atoms with Crippen LogP contribution in [0.1, 0.15) is 39.0 Å². The number of rotatable bonds is 4. The third-order valence-corrected chi connectivity index (χ3v) is 3.90. The van der Waals surface area contributed by atoms with Crippen molar-refractivity contribution in [3.63, 3.8) is 0 Å². The number of anilines is 2. The van der Waals surface area contributed by atoms with Crippen LogP contribution in [-0.4, -0.2) is 27.2 Å². The zero-order valence-electron chi connectivity index (χ0n) is 10.9. The van der Waals surface area contributed by atoms with Gasteiger partial charge in [0.2, 0.25) is 0 Å². The minimum absolute atomic E-state index is 0.439. The van der Waals surface area contributed by atoms with Gasteiger partial charge in [-0.1, -0.05) is 13.3 Å². The Labute approximate surface area is 108 Å². The highest BCUT2D eigenvalue weighted by atomic mass is 16.3.